The second kappa shape index (κ2) is 7.51. The summed E-state index contributed by atoms with van der Waals surface area (Å²) in [5.74, 6) is 0. The van der Waals surface area contributed by atoms with Gasteiger partial charge in [-0.3, -0.25) is 0 Å². The highest BCUT2D eigenvalue weighted by molar-refractivity contribution is 9.09. The van der Waals surface area contributed by atoms with Crippen LogP contribution in [-0.2, 0) is 14.7 Å². The van der Waals surface area contributed by atoms with Crippen LogP contribution in [0.5, 0.6) is 0 Å². The van der Waals surface area contributed by atoms with Crippen LogP contribution < -0.4 is 0 Å². The summed E-state index contributed by atoms with van der Waals surface area (Å²) in [6.45, 7) is 0. The van der Waals surface area contributed by atoms with Gasteiger partial charge in [-0.1, -0.05) is 46.3 Å². The summed E-state index contributed by atoms with van der Waals surface area (Å²) >= 11 is 3.39. The quantitative estimate of drug-likeness (QED) is 0.619. The van der Waals surface area contributed by atoms with Crippen LogP contribution >= 0.6 is 37.3 Å². The molecule has 0 spiro atoms. The Kier molecular flexibility index (Phi) is 7.64. The van der Waals surface area contributed by atoms with E-state index in [9.17, 15) is 0 Å². The van der Waals surface area contributed by atoms with Crippen molar-refractivity contribution in [3.63, 3.8) is 0 Å². The molecule has 0 aliphatic heterocycles. The minimum atomic E-state index is -3.72. The number of rotatable bonds is 2. The van der Waals surface area contributed by atoms with Gasteiger partial charge in [-0.2, -0.15) is 8.42 Å². The summed E-state index contributed by atoms with van der Waals surface area (Å²) < 4.78 is 18.3. The summed E-state index contributed by atoms with van der Waals surface area (Å²) in [6.07, 6.45) is 1.13. The summed E-state index contributed by atoms with van der Waals surface area (Å²) in [7, 11) is 4.81. The summed E-state index contributed by atoms with van der Waals surface area (Å²) in [4.78, 5) is 0. The molecule has 14 heavy (non-hydrogen) atoms. The molecule has 0 heterocycles. The van der Waals surface area contributed by atoms with Crippen molar-refractivity contribution in [1.29, 1.82) is 0 Å². The lowest BCUT2D eigenvalue weighted by atomic mass is 10.2. The molecule has 0 bridgehead atoms. The maximum Gasteiger partial charge on any atom is 0.317 e. The predicted octanol–water partition coefficient (Wildman–Crippen LogP) is 3.33. The Morgan fingerprint density at radius 3 is 1.93 bits per heavy atom. The largest absolute Gasteiger partial charge is 0.317 e. The Bertz CT molecular complexity index is 332. The zero-order valence-electron chi connectivity index (χ0n) is 7.16. The van der Waals surface area contributed by atoms with Crippen LogP contribution in [-0.4, -0.2) is 13.7 Å². The first-order chi connectivity index (χ1) is 6.43. The lowest BCUT2D eigenvalue weighted by Gasteiger charge is -1.92. The van der Waals surface area contributed by atoms with Gasteiger partial charge in [0.1, 0.15) is 0 Å². The van der Waals surface area contributed by atoms with Gasteiger partial charge in [0, 0.05) is 26.7 Å². The lowest BCUT2D eigenvalue weighted by Crippen LogP contribution is -1.82. The third-order valence-electron chi connectivity index (χ3n) is 1.23. The molecule has 0 fully saturated rings. The molecule has 0 aliphatic rings. The van der Waals surface area contributed by atoms with E-state index in [1.165, 1.54) is 5.56 Å². The van der Waals surface area contributed by atoms with Crippen molar-refractivity contribution in [1.82, 2.24) is 0 Å². The SMILES string of the molecule is BrCCc1ccccc1.O=S(=O)(Cl)Cl. The molecule has 1 rings (SSSR count). The van der Waals surface area contributed by atoms with Crippen LogP contribution in [0.2, 0.25) is 0 Å². The van der Waals surface area contributed by atoms with Gasteiger partial charge in [-0.05, 0) is 12.0 Å². The standard InChI is InChI=1S/C8H9Br.Cl2O2S/c9-7-6-8-4-2-1-3-5-8;1-5(2,3)4/h1-5H,6-7H2;. The molecule has 6 heteroatoms. The van der Waals surface area contributed by atoms with Gasteiger partial charge in [0.25, 0.3) is 0 Å². The van der Waals surface area contributed by atoms with Crippen molar-refractivity contribution in [2.75, 3.05) is 5.33 Å². The highest BCUT2D eigenvalue weighted by Crippen LogP contribution is 2.00. The number of hydrogen-bond donors (Lipinski definition) is 0. The molecule has 1 aromatic rings. The predicted molar refractivity (Wildman–Crippen MR) is 64.6 cm³/mol. The molecule has 0 amide bonds. The van der Waals surface area contributed by atoms with Crippen LogP contribution in [0.1, 0.15) is 5.56 Å². The minimum absolute atomic E-state index is 1.05. The summed E-state index contributed by atoms with van der Waals surface area (Å²) in [6, 6.07) is 10.5. The van der Waals surface area contributed by atoms with E-state index in [1.807, 2.05) is 6.07 Å². The van der Waals surface area contributed by atoms with E-state index in [2.05, 4.69) is 61.6 Å². The van der Waals surface area contributed by atoms with E-state index in [0.717, 1.165) is 11.8 Å². The van der Waals surface area contributed by atoms with Gasteiger partial charge in [0.15, 0.2) is 0 Å². The number of aryl methyl sites for hydroxylation is 1. The van der Waals surface area contributed by atoms with E-state index >= 15 is 0 Å². The third kappa shape index (κ3) is 12.2. The van der Waals surface area contributed by atoms with Gasteiger partial charge >= 0.3 is 8.26 Å². The molecule has 2 nitrogen and oxygen atoms in total. The van der Waals surface area contributed by atoms with Gasteiger partial charge in [-0.15, -0.1) is 0 Å². The smallest absolute Gasteiger partial charge is 0.195 e. The van der Waals surface area contributed by atoms with Gasteiger partial charge in [-0.25, -0.2) is 0 Å². The van der Waals surface area contributed by atoms with Crippen molar-refractivity contribution in [2.24, 2.45) is 0 Å². The van der Waals surface area contributed by atoms with Gasteiger partial charge < -0.3 is 0 Å². The maximum atomic E-state index is 9.16. The zero-order chi connectivity index (χ0) is 11.0. The maximum absolute atomic E-state index is 9.16. The van der Waals surface area contributed by atoms with Crippen LogP contribution in [0, 0.1) is 0 Å². The molecule has 80 valence electrons. The first kappa shape index (κ1) is 14.2. The Morgan fingerprint density at radius 1 is 1.14 bits per heavy atom. The number of halogens is 3. The van der Waals surface area contributed by atoms with Crippen LogP contribution in [0.15, 0.2) is 30.3 Å². The second-order valence-electron chi connectivity index (χ2n) is 2.30. The highest BCUT2D eigenvalue weighted by atomic mass is 79.9. The molecule has 1 aromatic carbocycles. The third-order valence-corrected chi connectivity index (χ3v) is 1.62. The molecular weight excluding hydrogens is 311 g/mol. The first-order valence-electron chi connectivity index (χ1n) is 3.67. The van der Waals surface area contributed by atoms with Gasteiger partial charge in [0.05, 0.1) is 0 Å². The van der Waals surface area contributed by atoms with E-state index in [4.69, 9.17) is 8.42 Å². The molecule has 0 unspecified atom stereocenters. The fraction of sp³-hybridized carbons (Fsp3) is 0.250. The Balaban J connectivity index is 0.000000292. The van der Waals surface area contributed by atoms with Crippen molar-refractivity contribution in [2.45, 2.75) is 6.42 Å². The number of hydrogen-bond acceptors (Lipinski definition) is 2. The average molecular weight is 320 g/mol. The molecule has 0 aliphatic carbocycles. The molecule has 0 atom stereocenters. The minimum Gasteiger partial charge on any atom is -0.195 e. The zero-order valence-corrected chi connectivity index (χ0v) is 11.1. The van der Waals surface area contributed by atoms with Gasteiger partial charge in [0.2, 0.25) is 0 Å². The van der Waals surface area contributed by atoms with E-state index < -0.39 is 8.26 Å². The Hall–Kier alpha value is 0.230. The van der Waals surface area contributed by atoms with Crippen molar-refractivity contribution in [3.8, 4) is 0 Å². The summed E-state index contributed by atoms with van der Waals surface area (Å²) in [5, 5.41) is 1.05. The number of benzene rings is 1. The van der Waals surface area contributed by atoms with Crippen LogP contribution in [0.25, 0.3) is 0 Å². The van der Waals surface area contributed by atoms with Crippen molar-refractivity contribution in [3.05, 3.63) is 35.9 Å². The second-order valence-corrected chi connectivity index (χ2v) is 6.76. The highest BCUT2D eigenvalue weighted by Gasteiger charge is 1.88. The Labute approximate surface area is 101 Å². The molecular formula is C8H9BrCl2O2S. The average Bonchev–Trinajstić information content (AvgIpc) is 2.03. The fourth-order valence-corrected chi connectivity index (χ4v) is 1.21. The van der Waals surface area contributed by atoms with Crippen molar-refractivity contribution >= 4 is 45.6 Å². The molecule has 0 saturated carbocycles. The topological polar surface area (TPSA) is 34.1 Å². The lowest BCUT2D eigenvalue weighted by molar-refractivity contribution is 0.621. The number of alkyl halides is 1. The van der Waals surface area contributed by atoms with E-state index in [-0.39, 0.29) is 0 Å². The molecule has 0 saturated heterocycles. The first-order valence-corrected chi connectivity index (χ1v) is 7.93. The fourth-order valence-electron chi connectivity index (χ4n) is 0.754. The van der Waals surface area contributed by atoms with Crippen LogP contribution in [0.3, 0.4) is 0 Å². The molecule has 0 radical (unpaired) electrons. The van der Waals surface area contributed by atoms with Crippen molar-refractivity contribution < 1.29 is 8.42 Å². The molecule has 0 N–H and O–H groups in total. The summed E-state index contributed by atoms with van der Waals surface area (Å²) in [5.41, 5.74) is 1.40. The van der Waals surface area contributed by atoms with E-state index in [1.54, 1.807) is 0 Å². The van der Waals surface area contributed by atoms with E-state index in [0.29, 0.717) is 0 Å². The Morgan fingerprint density at radius 2 is 1.57 bits per heavy atom. The molecule has 0 aromatic heterocycles. The normalized spacial score (nSPS) is 10.2. The van der Waals surface area contributed by atoms with Crippen LogP contribution in [0.4, 0.5) is 0 Å². The monoisotopic (exact) mass is 318 g/mol.